The van der Waals surface area contributed by atoms with E-state index in [1.807, 2.05) is 0 Å². The predicted molar refractivity (Wildman–Crippen MR) is 70.6 cm³/mol. The van der Waals surface area contributed by atoms with Gasteiger partial charge in [0.25, 0.3) is 0 Å². The summed E-state index contributed by atoms with van der Waals surface area (Å²) in [6.45, 7) is 3.54. The van der Waals surface area contributed by atoms with Crippen LogP contribution in [0.15, 0.2) is 0 Å². The summed E-state index contributed by atoms with van der Waals surface area (Å²) < 4.78 is 0. The largest absolute Gasteiger partial charge is 0.312 e. The Bertz CT molecular complexity index is 273. The molecule has 1 N–H and O–H groups in total. The fraction of sp³-hybridized carbons (Fsp3) is 0.933. The van der Waals surface area contributed by atoms with Crippen molar-refractivity contribution in [3.05, 3.63) is 0 Å². The summed E-state index contributed by atoms with van der Waals surface area (Å²) in [5.41, 5.74) is 0.496. The van der Waals surface area contributed by atoms with Gasteiger partial charge in [0.15, 0.2) is 0 Å². The second kappa shape index (κ2) is 5.87. The van der Waals surface area contributed by atoms with E-state index in [0.717, 1.165) is 13.0 Å². The summed E-state index contributed by atoms with van der Waals surface area (Å²) in [7, 11) is 0. The van der Waals surface area contributed by atoms with Crippen molar-refractivity contribution in [2.24, 2.45) is 11.3 Å². The van der Waals surface area contributed by atoms with E-state index < -0.39 is 0 Å². The molecular weight excluding hydrogens is 208 g/mol. The lowest BCUT2D eigenvalue weighted by Gasteiger charge is -2.37. The number of nitrogens with zero attached hydrogens (tertiary/aromatic N) is 1. The summed E-state index contributed by atoms with van der Waals surface area (Å²) in [4.78, 5) is 0. The van der Waals surface area contributed by atoms with Crippen molar-refractivity contribution >= 4 is 0 Å². The summed E-state index contributed by atoms with van der Waals surface area (Å²) in [5.74, 6) is 0.260. The van der Waals surface area contributed by atoms with Gasteiger partial charge in [-0.25, -0.2) is 0 Å². The number of rotatable bonds is 3. The van der Waals surface area contributed by atoms with Crippen LogP contribution in [0.4, 0.5) is 0 Å². The molecular formula is C15H26N2. The maximum atomic E-state index is 9.17. The van der Waals surface area contributed by atoms with Gasteiger partial charge < -0.3 is 5.32 Å². The SMILES string of the molecule is CC1(CNC2CCCCC2C#N)CCCCC1. The number of nitriles is 1. The zero-order valence-corrected chi connectivity index (χ0v) is 11.2. The number of nitrogens with one attached hydrogen (secondary N) is 1. The van der Waals surface area contributed by atoms with E-state index in [0.29, 0.717) is 11.5 Å². The van der Waals surface area contributed by atoms with Gasteiger partial charge in [0.1, 0.15) is 0 Å². The highest BCUT2D eigenvalue weighted by molar-refractivity contribution is 4.95. The second-order valence-corrected chi connectivity index (χ2v) is 6.38. The zero-order chi connectivity index (χ0) is 12.1. The molecule has 0 radical (unpaired) electrons. The third-order valence-electron chi connectivity index (χ3n) is 4.78. The fourth-order valence-corrected chi connectivity index (χ4v) is 3.49. The van der Waals surface area contributed by atoms with E-state index in [-0.39, 0.29) is 5.92 Å². The molecule has 96 valence electrons. The summed E-state index contributed by atoms with van der Waals surface area (Å²) in [6, 6.07) is 2.96. The van der Waals surface area contributed by atoms with Crippen LogP contribution in [0.1, 0.15) is 64.7 Å². The van der Waals surface area contributed by atoms with Gasteiger partial charge in [0.05, 0.1) is 12.0 Å². The fourth-order valence-electron chi connectivity index (χ4n) is 3.49. The molecule has 2 nitrogen and oxygen atoms in total. The molecule has 2 aliphatic carbocycles. The van der Waals surface area contributed by atoms with Crippen LogP contribution < -0.4 is 5.32 Å². The van der Waals surface area contributed by atoms with Crippen molar-refractivity contribution in [2.45, 2.75) is 70.8 Å². The minimum atomic E-state index is 0.260. The van der Waals surface area contributed by atoms with Crippen LogP contribution in [0.3, 0.4) is 0 Å². The van der Waals surface area contributed by atoms with E-state index >= 15 is 0 Å². The van der Waals surface area contributed by atoms with Gasteiger partial charge in [-0.2, -0.15) is 5.26 Å². The maximum absolute atomic E-state index is 9.17. The van der Waals surface area contributed by atoms with Gasteiger partial charge in [-0.3, -0.25) is 0 Å². The molecule has 0 bridgehead atoms. The summed E-state index contributed by atoms with van der Waals surface area (Å²) >= 11 is 0. The van der Waals surface area contributed by atoms with Gasteiger partial charge in [0.2, 0.25) is 0 Å². The van der Waals surface area contributed by atoms with Gasteiger partial charge in [-0.15, -0.1) is 0 Å². The van der Waals surface area contributed by atoms with Crippen molar-refractivity contribution in [1.82, 2.24) is 5.32 Å². The Kier molecular flexibility index (Phi) is 4.45. The Labute approximate surface area is 106 Å². The third-order valence-corrected chi connectivity index (χ3v) is 4.78. The quantitative estimate of drug-likeness (QED) is 0.809. The van der Waals surface area contributed by atoms with E-state index in [2.05, 4.69) is 18.3 Å². The lowest BCUT2D eigenvalue weighted by molar-refractivity contribution is 0.184. The monoisotopic (exact) mass is 234 g/mol. The smallest absolute Gasteiger partial charge is 0.0672 e. The molecule has 2 saturated carbocycles. The van der Waals surface area contributed by atoms with Gasteiger partial charge in [0, 0.05) is 12.6 Å². The normalized spacial score (nSPS) is 32.9. The Hall–Kier alpha value is -0.550. The van der Waals surface area contributed by atoms with E-state index in [1.165, 1.54) is 51.4 Å². The van der Waals surface area contributed by atoms with Crippen molar-refractivity contribution in [3.8, 4) is 6.07 Å². The highest BCUT2D eigenvalue weighted by Crippen LogP contribution is 2.35. The topological polar surface area (TPSA) is 35.8 Å². The van der Waals surface area contributed by atoms with Crippen molar-refractivity contribution < 1.29 is 0 Å². The first kappa shape index (κ1) is 12.9. The average molecular weight is 234 g/mol. The molecule has 2 unspecified atom stereocenters. The Morgan fingerprint density at radius 1 is 1.12 bits per heavy atom. The zero-order valence-electron chi connectivity index (χ0n) is 11.2. The standard InChI is InChI=1S/C15H26N2/c1-15(9-5-2-6-10-15)12-17-14-8-4-3-7-13(14)11-16/h13-14,17H,2-10,12H2,1H3. The molecule has 2 fully saturated rings. The highest BCUT2D eigenvalue weighted by Gasteiger charge is 2.30. The molecule has 0 aromatic carbocycles. The molecule has 0 spiro atoms. The molecule has 0 aliphatic heterocycles. The first-order valence-corrected chi connectivity index (χ1v) is 7.37. The molecule has 2 rings (SSSR count). The lowest BCUT2D eigenvalue weighted by atomic mass is 9.75. The molecule has 0 aromatic heterocycles. The average Bonchev–Trinajstić information content (AvgIpc) is 2.38. The van der Waals surface area contributed by atoms with Crippen LogP contribution in [-0.2, 0) is 0 Å². The van der Waals surface area contributed by atoms with Crippen LogP contribution in [0.2, 0.25) is 0 Å². The van der Waals surface area contributed by atoms with Crippen LogP contribution in [-0.4, -0.2) is 12.6 Å². The van der Waals surface area contributed by atoms with Crippen LogP contribution in [0, 0.1) is 22.7 Å². The van der Waals surface area contributed by atoms with Crippen molar-refractivity contribution in [1.29, 1.82) is 5.26 Å². The molecule has 2 aliphatic rings. The predicted octanol–water partition coefficient (Wildman–Crippen LogP) is 3.63. The van der Waals surface area contributed by atoms with Gasteiger partial charge in [-0.1, -0.05) is 39.0 Å². The molecule has 2 heteroatoms. The van der Waals surface area contributed by atoms with Crippen LogP contribution in [0.25, 0.3) is 0 Å². The molecule has 0 aromatic rings. The Morgan fingerprint density at radius 3 is 2.53 bits per heavy atom. The maximum Gasteiger partial charge on any atom is 0.0672 e. The lowest BCUT2D eigenvalue weighted by Crippen LogP contribution is -2.44. The van der Waals surface area contributed by atoms with E-state index in [9.17, 15) is 5.26 Å². The molecule has 0 saturated heterocycles. The highest BCUT2D eigenvalue weighted by atomic mass is 14.9. The Morgan fingerprint density at radius 2 is 1.82 bits per heavy atom. The Balaban J connectivity index is 1.81. The molecule has 17 heavy (non-hydrogen) atoms. The van der Waals surface area contributed by atoms with Crippen molar-refractivity contribution in [2.75, 3.05) is 6.54 Å². The minimum absolute atomic E-state index is 0.260. The summed E-state index contributed by atoms with van der Waals surface area (Å²) in [5, 5.41) is 12.9. The van der Waals surface area contributed by atoms with Gasteiger partial charge >= 0.3 is 0 Å². The number of hydrogen-bond acceptors (Lipinski definition) is 2. The second-order valence-electron chi connectivity index (χ2n) is 6.38. The molecule has 0 heterocycles. The summed E-state index contributed by atoms with van der Waals surface area (Å²) in [6.07, 6.45) is 11.8. The van der Waals surface area contributed by atoms with Crippen molar-refractivity contribution in [3.63, 3.8) is 0 Å². The molecule has 2 atom stereocenters. The van der Waals surface area contributed by atoms with Gasteiger partial charge in [-0.05, 0) is 31.1 Å². The van der Waals surface area contributed by atoms with E-state index in [4.69, 9.17) is 0 Å². The number of hydrogen-bond donors (Lipinski definition) is 1. The molecule has 0 amide bonds. The first-order chi connectivity index (χ1) is 8.23. The third kappa shape index (κ3) is 3.45. The van der Waals surface area contributed by atoms with Crippen LogP contribution >= 0.6 is 0 Å². The first-order valence-electron chi connectivity index (χ1n) is 7.37. The minimum Gasteiger partial charge on any atom is -0.312 e. The van der Waals surface area contributed by atoms with Crippen LogP contribution in [0.5, 0.6) is 0 Å². The van der Waals surface area contributed by atoms with E-state index in [1.54, 1.807) is 0 Å².